The maximum Gasteiger partial charge on any atom is 0.235 e. The average molecular weight is 372 g/mol. The Morgan fingerprint density at radius 1 is 1.31 bits per heavy atom. The van der Waals surface area contributed by atoms with Gasteiger partial charge in [-0.15, -0.1) is 11.8 Å². The quantitative estimate of drug-likeness (QED) is 0.841. The van der Waals surface area contributed by atoms with Crippen molar-refractivity contribution in [1.29, 1.82) is 0 Å². The van der Waals surface area contributed by atoms with Crippen molar-refractivity contribution in [2.45, 2.75) is 48.9 Å². The molecule has 1 saturated heterocycles. The second-order valence-corrected chi connectivity index (χ2v) is 8.68. The summed E-state index contributed by atoms with van der Waals surface area (Å²) in [5.41, 5.74) is 3.34. The number of carbonyl (C=O) groups is 1. The van der Waals surface area contributed by atoms with Crippen molar-refractivity contribution >= 4 is 17.7 Å². The number of fused-ring (bicyclic) bond motifs is 2. The van der Waals surface area contributed by atoms with Crippen molar-refractivity contribution in [3.63, 3.8) is 0 Å². The van der Waals surface area contributed by atoms with Crippen LogP contribution in [0.3, 0.4) is 0 Å². The SMILES string of the molecule is Cc1ccc(SC(C)C(=O)N2CCC3(CC2)OCCc2cn[nH]c23)cc1. The van der Waals surface area contributed by atoms with Crippen molar-refractivity contribution in [2.24, 2.45) is 0 Å². The minimum Gasteiger partial charge on any atom is -0.368 e. The largest absolute Gasteiger partial charge is 0.368 e. The van der Waals surface area contributed by atoms with Gasteiger partial charge >= 0.3 is 0 Å². The molecule has 26 heavy (non-hydrogen) atoms. The summed E-state index contributed by atoms with van der Waals surface area (Å²) in [5.74, 6) is 0.214. The third-order valence-corrected chi connectivity index (χ3v) is 6.59. The molecule has 1 amide bonds. The minimum absolute atomic E-state index is 0.0817. The first-order valence-electron chi connectivity index (χ1n) is 9.26. The van der Waals surface area contributed by atoms with E-state index >= 15 is 0 Å². The summed E-state index contributed by atoms with van der Waals surface area (Å²) in [7, 11) is 0. The van der Waals surface area contributed by atoms with Gasteiger partial charge in [0, 0.05) is 18.0 Å². The number of aromatic amines is 1. The number of carbonyl (C=O) groups excluding carboxylic acids is 1. The van der Waals surface area contributed by atoms with Crippen LogP contribution in [0.15, 0.2) is 35.4 Å². The fourth-order valence-corrected chi connectivity index (χ4v) is 4.89. The van der Waals surface area contributed by atoms with Gasteiger partial charge in [-0.25, -0.2) is 0 Å². The topological polar surface area (TPSA) is 58.2 Å². The summed E-state index contributed by atoms with van der Waals surface area (Å²) in [6.07, 6.45) is 4.49. The number of thioether (sulfide) groups is 1. The van der Waals surface area contributed by atoms with E-state index in [-0.39, 0.29) is 16.8 Å². The Balaban J connectivity index is 1.39. The smallest absolute Gasteiger partial charge is 0.235 e. The minimum atomic E-state index is -0.284. The van der Waals surface area contributed by atoms with Gasteiger partial charge in [0.2, 0.25) is 5.91 Å². The van der Waals surface area contributed by atoms with Crippen LogP contribution in [0, 0.1) is 6.92 Å². The van der Waals surface area contributed by atoms with Gasteiger partial charge in [-0.05, 0) is 50.8 Å². The van der Waals surface area contributed by atoms with Crippen molar-refractivity contribution in [1.82, 2.24) is 15.1 Å². The molecule has 0 bridgehead atoms. The molecule has 2 aliphatic rings. The van der Waals surface area contributed by atoms with Crippen LogP contribution in [-0.4, -0.2) is 46.0 Å². The Kier molecular flexibility index (Phi) is 4.80. The fourth-order valence-electron chi connectivity index (χ4n) is 3.93. The maximum atomic E-state index is 12.9. The zero-order valence-corrected chi connectivity index (χ0v) is 16.1. The van der Waals surface area contributed by atoms with Crippen LogP contribution in [0.5, 0.6) is 0 Å². The van der Waals surface area contributed by atoms with E-state index in [0.29, 0.717) is 0 Å². The van der Waals surface area contributed by atoms with E-state index in [0.717, 1.165) is 49.5 Å². The first-order valence-corrected chi connectivity index (χ1v) is 10.1. The lowest BCUT2D eigenvalue weighted by Crippen LogP contribution is -2.50. The van der Waals surface area contributed by atoms with Gasteiger partial charge in [-0.1, -0.05) is 17.7 Å². The Morgan fingerprint density at radius 2 is 2.04 bits per heavy atom. The van der Waals surface area contributed by atoms with Gasteiger partial charge in [0.1, 0.15) is 5.60 Å². The normalized spacial score (nSPS) is 20.0. The summed E-state index contributed by atoms with van der Waals surface area (Å²) < 4.78 is 6.17. The third-order valence-electron chi connectivity index (χ3n) is 5.49. The highest BCUT2D eigenvalue weighted by molar-refractivity contribution is 8.00. The lowest BCUT2D eigenvalue weighted by Gasteiger charge is -2.43. The molecule has 1 N–H and O–H groups in total. The molecule has 1 unspecified atom stereocenters. The van der Waals surface area contributed by atoms with Crippen molar-refractivity contribution in [3.8, 4) is 0 Å². The highest BCUT2D eigenvalue weighted by Gasteiger charge is 2.43. The number of rotatable bonds is 3. The summed E-state index contributed by atoms with van der Waals surface area (Å²) in [6, 6.07) is 8.36. The number of aromatic nitrogens is 2. The predicted molar refractivity (Wildman–Crippen MR) is 102 cm³/mol. The predicted octanol–water partition coefficient (Wildman–Crippen LogP) is 3.29. The Morgan fingerprint density at radius 3 is 2.77 bits per heavy atom. The zero-order valence-electron chi connectivity index (χ0n) is 15.3. The Labute approximate surface area is 158 Å². The van der Waals surface area contributed by atoms with Gasteiger partial charge in [0.15, 0.2) is 0 Å². The van der Waals surface area contributed by atoms with E-state index < -0.39 is 0 Å². The van der Waals surface area contributed by atoms with Crippen molar-refractivity contribution in [2.75, 3.05) is 19.7 Å². The summed E-state index contributed by atoms with van der Waals surface area (Å²) in [6.45, 7) is 6.28. The molecule has 1 spiro atoms. The highest BCUT2D eigenvalue weighted by Crippen LogP contribution is 2.40. The fraction of sp³-hybridized carbons (Fsp3) is 0.500. The van der Waals surface area contributed by atoms with Gasteiger partial charge in [0.25, 0.3) is 0 Å². The summed E-state index contributed by atoms with van der Waals surface area (Å²) >= 11 is 1.63. The average Bonchev–Trinajstić information content (AvgIpc) is 3.14. The third kappa shape index (κ3) is 3.28. The van der Waals surface area contributed by atoms with Gasteiger partial charge in [0.05, 0.1) is 23.7 Å². The monoisotopic (exact) mass is 371 g/mol. The first-order chi connectivity index (χ1) is 12.6. The molecule has 1 fully saturated rings. The number of likely N-dealkylation sites (tertiary alicyclic amines) is 1. The number of hydrogen-bond donors (Lipinski definition) is 1. The molecule has 1 aromatic heterocycles. The lowest BCUT2D eigenvalue weighted by atomic mass is 9.83. The van der Waals surface area contributed by atoms with Crippen LogP contribution in [0.4, 0.5) is 0 Å². The second-order valence-electron chi connectivity index (χ2n) is 7.26. The number of piperidine rings is 1. The number of H-pyrrole nitrogens is 1. The van der Waals surface area contributed by atoms with Crippen LogP contribution in [0.25, 0.3) is 0 Å². The van der Waals surface area contributed by atoms with Gasteiger partial charge < -0.3 is 9.64 Å². The molecule has 6 heteroatoms. The molecule has 0 saturated carbocycles. The molecule has 0 aliphatic carbocycles. The molecular weight excluding hydrogens is 346 g/mol. The second kappa shape index (κ2) is 7.08. The summed E-state index contributed by atoms with van der Waals surface area (Å²) in [4.78, 5) is 16.0. The maximum absolute atomic E-state index is 12.9. The van der Waals surface area contributed by atoms with Gasteiger partial charge in [-0.3, -0.25) is 9.89 Å². The molecule has 0 radical (unpaired) electrons. The Hall–Kier alpha value is -1.79. The molecule has 1 atom stereocenters. The standard InChI is InChI=1S/C20H25N3O2S/c1-14-3-5-17(6-4-14)26-15(2)19(24)23-10-8-20(9-11-23)18-16(7-12-25-20)13-21-22-18/h3-6,13,15H,7-12H2,1-2H3,(H,21,22). The van der Waals surface area contributed by atoms with Crippen molar-refractivity contribution in [3.05, 3.63) is 47.3 Å². The van der Waals surface area contributed by atoms with E-state index in [1.807, 2.05) is 18.0 Å². The molecule has 3 heterocycles. The Bertz CT molecular complexity index is 779. The molecule has 1 aromatic carbocycles. The number of ether oxygens (including phenoxy) is 1. The number of hydrogen-bond acceptors (Lipinski definition) is 4. The van der Waals surface area contributed by atoms with Crippen LogP contribution in [0.1, 0.15) is 36.6 Å². The number of nitrogens with zero attached hydrogens (tertiary/aromatic N) is 2. The molecule has 2 aromatic rings. The van der Waals surface area contributed by atoms with Crippen LogP contribution in [-0.2, 0) is 21.6 Å². The number of nitrogens with one attached hydrogen (secondary N) is 1. The van der Waals surface area contributed by atoms with E-state index in [1.54, 1.807) is 11.8 Å². The number of aryl methyl sites for hydroxylation is 1. The molecule has 138 valence electrons. The number of benzene rings is 1. The number of amides is 1. The van der Waals surface area contributed by atoms with E-state index in [9.17, 15) is 4.79 Å². The summed E-state index contributed by atoms with van der Waals surface area (Å²) in [5, 5.41) is 7.26. The molecular formula is C20H25N3O2S. The molecule has 4 rings (SSSR count). The lowest BCUT2D eigenvalue weighted by molar-refractivity contribution is -0.140. The van der Waals surface area contributed by atoms with E-state index in [1.165, 1.54) is 11.1 Å². The first kappa shape index (κ1) is 17.6. The van der Waals surface area contributed by atoms with Crippen molar-refractivity contribution < 1.29 is 9.53 Å². The van der Waals surface area contributed by atoms with Crippen LogP contribution in [0.2, 0.25) is 0 Å². The van der Waals surface area contributed by atoms with Crippen LogP contribution < -0.4 is 0 Å². The van der Waals surface area contributed by atoms with Gasteiger partial charge in [-0.2, -0.15) is 5.10 Å². The van der Waals surface area contributed by atoms with E-state index in [4.69, 9.17) is 4.74 Å². The zero-order chi connectivity index (χ0) is 18.1. The molecule has 2 aliphatic heterocycles. The molecule has 5 nitrogen and oxygen atoms in total. The highest BCUT2D eigenvalue weighted by atomic mass is 32.2. The van der Waals surface area contributed by atoms with E-state index in [2.05, 4.69) is 41.4 Å². The van der Waals surface area contributed by atoms with Crippen LogP contribution >= 0.6 is 11.8 Å².